The van der Waals surface area contributed by atoms with Crippen LogP contribution in [0.2, 0.25) is 0 Å². The van der Waals surface area contributed by atoms with E-state index in [1.165, 1.54) is 20.3 Å². The minimum absolute atomic E-state index is 0.117. The average Bonchev–Trinajstić information content (AvgIpc) is 2.43. The fourth-order valence-corrected chi connectivity index (χ4v) is 3.64. The second kappa shape index (κ2) is 7.82. The molecule has 0 heterocycles. The highest BCUT2D eigenvalue weighted by atomic mass is 79.9. The Kier molecular flexibility index (Phi) is 6.74. The van der Waals surface area contributed by atoms with Crippen molar-refractivity contribution in [2.45, 2.75) is 11.8 Å². The summed E-state index contributed by atoms with van der Waals surface area (Å²) < 4.78 is 37.6. The Bertz CT molecular complexity index is 549. The Labute approximate surface area is 128 Å². The second-order valence-electron chi connectivity index (χ2n) is 3.89. The van der Waals surface area contributed by atoms with Crippen molar-refractivity contribution in [3.05, 3.63) is 16.6 Å². The van der Waals surface area contributed by atoms with Gasteiger partial charge in [-0.15, -0.1) is 0 Å². The SMILES string of the molecule is CCNCCNS(=O)(=O)c1cc(OC)c(OC)cc1Br. The molecule has 0 atom stereocenters. The largest absolute Gasteiger partial charge is 0.493 e. The highest BCUT2D eigenvalue weighted by Gasteiger charge is 2.20. The van der Waals surface area contributed by atoms with Gasteiger partial charge in [-0.25, -0.2) is 13.1 Å². The molecule has 6 nitrogen and oxygen atoms in total. The van der Waals surface area contributed by atoms with Crippen molar-refractivity contribution in [3.8, 4) is 11.5 Å². The van der Waals surface area contributed by atoms with E-state index in [2.05, 4.69) is 26.0 Å². The van der Waals surface area contributed by atoms with Gasteiger partial charge in [-0.3, -0.25) is 0 Å². The molecule has 0 saturated heterocycles. The number of likely N-dealkylation sites (N-methyl/N-ethyl adjacent to an activating group) is 1. The van der Waals surface area contributed by atoms with Crippen molar-refractivity contribution in [1.29, 1.82) is 0 Å². The zero-order chi connectivity index (χ0) is 15.2. The predicted octanol–water partition coefficient (Wildman–Crippen LogP) is 1.35. The summed E-state index contributed by atoms with van der Waals surface area (Å²) >= 11 is 3.24. The summed E-state index contributed by atoms with van der Waals surface area (Å²) in [5.41, 5.74) is 0. The van der Waals surface area contributed by atoms with Gasteiger partial charge in [0.2, 0.25) is 10.0 Å². The van der Waals surface area contributed by atoms with Crippen molar-refractivity contribution >= 4 is 26.0 Å². The summed E-state index contributed by atoms with van der Waals surface area (Å²) in [4.78, 5) is 0.117. The van der Waals surface area contributed by atoms with Gasteiger partial charge in [0, 0.05) is 23.6 Å². The van der Waals surface area contributed by atoms with Gasteiger partial charge < -0.3 is 14.8 Å². The van der Waals surface area contributed by atoms with E-state index < -0.39 is 10.0 Å². The van der Waals surface area contributed by atoms with E-state index in [1.54, 1.807) is 6.07 Å². The summed E-state index contributed by atoms with van der Waals surface area (Å²) in [7, 11) is -0.649. The molecule has 1 aromatic rings. The molecule has 114 valence electrons. The van der Waals surface area contributed by atoms with Crippen molar-refractivity contribution in [1.82, 2.24) is 10.0 Å². The van der Waals surface area contributed by atoms with Crippen LogP contribution in [0.3, 0.4) is 0 Å². The van der Waals surface area contributed by atoms with Gasteiger partial charge in [-0.1, -0.05) is 6.92 Å². The number of rotatable bonds is 8. The lowest BCUT2D eigenvalue weighted by molar-refractivity contribution is 0.353. The number of benzene rings is 1. The van der Waals surface area contributed by atoms with Crippen molar-refractivity contribution in [2.24, 2.45) is 0 Å². The Morgan fingerprint density at radius 3 is 2.30 bits per heavy atom. The van der Waals surface area contributed by atoms with Crippen LogP contribution in [0.1, 0.15) is 6.92 Å². The quantitative estimate of drug-likeness (QED) is 0.679. The highest BCUT2D eigenvalue weighted by molar-refractivity contribution is 9.10. The van der Waals surface area contributed by atoms with Crippen LogP contribution in [-0.4, -0.2) is 42.3 Å². The average molecular weight is 367 g/mol. The molecule has 8 heteroatoms. The maximum Gasteiger partial charge on any atom is 0.241 e. The Balaban J connectivity index is 2.99. The normalized spacial score (nSPS) is 11.4. The van der Waals surface area contributed by atoms with Crippen LogP contribution in [0.4, 0.5) is 0 Å². The molecule has 1 aromatic carbocycles. The Hall–Kier alpha value is -0.830. The molecule has 0 unspecified atom stereocenters. The fourth-order valence-electron chi connectivity index (χ4n) is 1.57. The standard InChI is InChI=1S/C12H19BrN2O4S/c1-4-14-5-6-15-20(16,17)12-8-11(19-3)10(18-2)7-9(12)13/h7-8,14-15H,4-6H2,1-3H3. The van der Waals surface area contributed by atoms with Crippen LogP contribution < -0.4 is 19.5 Å². The van der Waals surface area contributed by atoms with E-state index in [1.807, 2.05) is 6.92 Å². The molecule has 0 bridgehead atoms. The lowest BCUT2D eigenvalue weighted by atomic mass is 10.3. The predicted molar refractivity (Wildman–Crippen MR) is 81.0 cm³/mol. The Morgan fingerprint density at radius 2 is 1.75 bits per heavy atom. The summed E-state index contributed by atoms with van der Waals surface area (Å²) in [6.45, 7) is 3.64. The Morgan fingerprint density at radius 1 is 1.15 bits per heavy atom. The lowest BCUT2D eigenvalue weighted by Crippen LogP contribution is -2.32. The van der Waals surface area contributed by atoms with E-state index in [0.29, 0.717) is 29.1 Å². The molecular formula is C12H19BrN2O4S. The second-order valence-corrected chi connectivity index (χ2v) is 6.48. The summed E-state index contributed by atoms with van der Waals surface area (Å²) in [5.74, 6) is 0.828. The van der Waals surface area contributed by atoms with Crippen molar-refractivity contribution in [3.63, 3.8) is 0 Å². The van der Waals surface area contributed by atoms with Gasteiger partial charge in [-0.2, -0.15) is 0 Å². The lowest BCUT2D eigenvalue weighted by Gasteiger charge is -2.13. The molecule has 20 heavy (non-hydrogen) atoms. The number of nitrogens with one attached hydrogen (secondary N) is 2. The van der Waals surface area contributed by atoms with E-state index in [0.717, 1.165) is 6.54 Å². The first-order valence-corrected chi connectivity index (χ1v) is 8.35. The molecule has 0 fully saturated rings. The molecule has 0 spiro atoms. The summed E-state index contributed by atoms with van der Waals surface area (Å²) in [6, 6.07) is 3.00. The molecule has 0 aliphatic heterocycles. The number of methoxy groups -OCH3 is 2. The molecule has 2 N–H and O–H groups in total. The van der Waals surface area contributed by atoms with Crippen LogP contribution in [0.15, 0.2) is 21.5 Å². The molecule has 0 aliphatic rings. The summed E-state index contributed by atoms with van der Waals surface area (Å²) in [5, 5.41) is 3.04. The molecule has 0 aromatic heterocycles. The van der Waals surface area contributed by atoms with Crippen LogP contribution in [0.5, 0.6) is 11.5 Å². The van der Waals surface area contributed by atoms with E-state index in [-0.39, 0.29) is 4.90 Å². The first-order valence-electron chi connectivity index (χ1n) is 6.08. The maximum atomic E-state index is 12.2. The maximum absolute atomic E-state index is 12.2. The van der Waals surface area contributed by atoms with Gasteiger partial charge in [0.25, 0.3) is 0 Å². The van der Waals surface area contributed by atoms with Gasteiger partial charge in [0.15, 0.2) is 11.5 Å². The zero-order valence-electron chi connectivity index (χ0n) is 11.7. The van der Waals surface area contributed by atoms with Crippen LogP contribution in [0, 0.1) is 0 Å². The minimum atomic E-state index is -3.60. The van der Waals surface area contributed by atoms with E-state index in [9.17, 15) is 8.42 Å². The molecular weight excluding hydrogens is 348 g/mol. The number of ether oxygens (including phenoxy) is 2. The van der Waals surface area contributed by atoms with E-state index in [4.69, 9.17) is 9.47 Å². The van der Waals surface area contributed by atoms with Gasteiger partial charge in [0.05, 0.1) is 14.2 Å². The first-order chi connectivity index (χ1) is 9.46. The van der Waals surface area contributed by atoms with E-state index >= 15 is 0 Å². The highest BCUT2D eigenvalue weighted by Crippen LogP contribution is 2.35. The third-order valence-electron chi connectivity index (χ3n) is 2.57. The molecule has 1 rings (SSSR count). The third kappa shape index (κ3) is 4.34. The molecule has 0 aliphatic carbocycles. The first kappa shape index (κ1) is 17.2. The molecule has 0 saturated carbocycles. The number of hydrogen-bond donors (Lipinski definition) is 2. The topological polar surface area (TPSA) is 76.7 Å². The van der Waals surface area contributed by atoms with Crippen LogP contribution >= 0.6 is 15.9 Å². The number of sulfonamides is 1. The molecule has 0 amide bonds. The van der Waals surface area contributed by atoms with Crippen LogP contribution in [0.25, 0.3) is 0 Å². The van der Waals surface area contributed by atoms with Crippen molar-refractivity contribution < 1.29 is 17.9 Å². The fraction of sp³-hybridized carbons (Fsp3) is 0.500. The third-order valence-corrected chi connectivity index (χ3v) is 4.99. The zero-order valence-corrected chi connectivity index (χ0v) is 14.1. The molecule has 0 radical (unpaired) electrons. The number of halogens is 1. The van der Waals surface area contributed by atoms with Crippen LogP contribution in [-0.2, 0) is 10.0 Å². The van der Waals surface area contributed by atoms with Gasteiger partial charge in [-0.05, 0) is 28.5 Å². The van der Waals surface area contributed by atoms with Gasteiger partial charge in [0.1, 0.15) is 4.90 Å². The smallest absolute Gasteiger partial charge is 0.241 e. The minimum Gasteiger partial charge on any atom is -0.493 e. The number of hydrogen-bond acceptors (Lipinski definition) is 5. The van der Waals surface area contributed by atoms with Crippen molar-refractivity contribution in [2.75, 3.05) is 33.9 Å². The summed E-state index contributed by atoms with van der Waals surface area (Å²) in [6.07, 6.45) is 0. The monoisotopic (exact) mass is 366 g/mol. The van der Waals surface area contributed by atoms with Gasteiger partial charge >= 0.3 is 0 Å².